The summed E-state index contributed by atoms with van der Waals surface area (Å²) in [5.41, 5.74) is 5.88. The van der Waals surface area contributed by atoms with Gasteiger partial charge in [0.15, 0.2) is 0 Å². The topological polar surface area (TPSA) is 75.0 Å². The number of nitrogens with zero attached hydrogens (tertiary/aromatic N) is 2. The van der Waals surface area contributed by atoms with Gasteiger partial charge in [-0.3, -0.25) is 9.89 Å². The monoisotopic (exact) mass is 180 g/mol. The molecule has 0 fully saturated rings. The Balaban J connectivity index is 2.79. The van der Waals surface area contributed by atoms with E-state index in [1.807, 2.05) is 0 Å². The fraction of sp³-hybridized carbons (Fsp3) is 0.250. The van der Waals surface area contributed by atoms with Crippen LogP contribution in [0.25, 0.3) is 0 Å². The predicted molar refractivity (Wildman–Crippen MR) is 50.2 cm³/mol. The van der Waals surface area contributed by atoms with E-state index in [-0.39, 0.29) is 5.91 Å². The van der Waals surface area contributed by atoms with E-state index in [1.54, 1.807) is 13.1 Å². The molecule has 70 valence electrons. The quantitative estimate of drug-likeness (QED) is 0.655. The van der Waals surface area contributed by atoms with Gasteiger partial charge in [-0.25, -0.2) is 0 Å². The molecule has 0 radical (unpaired) electrons. The summed E-state index contributed by atoms with van der Waals surface area (Å²) in [5, 5.41) is 6.16. The van der Waals surface area contributed by atoms with E-state index in [2.05, 4.69) is 16.8 Å². The Hall–Kier alpha value is -1.78. The minimum absolute atomic E-state index is 0.161. The van der Waals surface area contributed by atoms with Crippen LogP contribution in [0.2, 0.25) is 0 Å². The first-order valence-electron chi connectivity index (χ1n) is 3.82. The van der Waals surface area contributed by atoms with Crippen molar-refractivity contribution in [1.82, 2.24) is 15.1 Å². The molecule has 0 spiro atoms. The largest absolute Gasteiger partial charge is 0.383 e. The number of carbonyl (C=O) groups excluding carboxylic acids is 1. The number of likely N-dealkylation sites (N-methyl/N-ethyl adjacent to an activating group) is 1. The Morgan fingerprint density at radius 1 is 1.92 bits per heavy atom. The van der Waals surface area contributed by atoms with Gasteiger partial charge in [0.05, 0.1) is 6.20 Å². The van der Waals surface area contributed by atoms with Crippen molar-refractivity contribution in [3.63, 3.8) is 0 Å². The molecule has 0 atom stereocenters. The Morgan fingerprint density at radius 2 is 2.62 bits per heavy atom. The normalized spacial score (nSPS) is 9.62. The summed E-state index contributed by atoms with van der Waals surface area (Å²) in [6.45, 7) is 4.03. The molecule has 1 aromatic rings. The fourth-order valence-corrected chi connectivity index (χ4v) is 0.949. The number of rotatable bonds is 3. The van der Waals surface area contributed by atoms with Crippen molar-refractivity contribution in [1.29, 1.82) is 0 Å². The van der Waals surface area contributed by atoms with E-state index in [0.29, 0.717) is 17.9 Å². The van der Waals surface area contributed by atoms with Gasteiger partial charge in [-0.1, -0.05) is 6.08 Å². The summed E-state index contributed by atoms with van der Waals surface area (Å²) in [7, 11) is 1.68. The molecule has 1 rings (SSSR count). The highest BCUT2D eigenvalue weighted by Gasteiger charge is 2.14. The molecule has 0 aliphatic carbocycles. The first kappa shape index (κ1) is 9.31. The average Bonchev–Trinajstić information content (AvgIpc) is 2.50. The Labute approximate surface area is 76.2 Å². The van der Waals surface area contributed by atoms with E-state index >= 15 is 0 Å². The molecule has 1 amide bonds. The van der Waals surface area contributed by atoms with Crippen LogP contribution >= 0.6 is 0 Å². The van der Waals surface area contributed by atoms with Crippen LogP contribution in [0.4, 0.5) is 5.82 Å². The zero-order valence-corrected chi connectivity index (χ0v) is 7.45. The summed E-state index contributed by atoms with van der Waals surface area (Å²) in [4.78, 5) is 13.1. The maximum absolute atomic E-state index is 11.6. The minimum Gasteiger partial charge on any atom is -0.383 e. The van der Waals surface area contributed by atoms with Crippen molar-refractivity contribution < 1.29 is 4.79 Å². The molecular weight excluding hydrogens is 168 g/mol. The van der Waals surface area contributed by atoms with Crippen LogP contribution in [0.5, 0.6) is 0 Å². The molecule has 0 bridgehead atoms. The van der Waals surface area contributed by atoms with Gasteiger partial charge in [0.25, 0.3) is 5.91 Å². The van der Waals surface area contributed by atoms with Gasteiger partial charge in [0.2, 0.25) is 0 Å². The lowest BCUT2D eigenvalue weighted by atomic mass is 10.3. The lowest BCUT2D eigenvalue weighted by Crippen LogP contribution is -2.26. The second kappa shape index (κ2) is 3.75. The molecule has 3 N–H and O–H groups in total. The number of hydrogen-bond acceptors (Lipinski definition) is 3. The molecule has 0 unspecified atom stereocenters. The first-order chi connectivity index (χ1) is 6.16. The van der Waals surface area contributed by atoms with Crippen LogP contribution in [-0.2, 0) is 0 Å². The standard InChI is InChI=1S/C8H12N4O/c1-3-4-12(2)8(13)6-5-10-11-7(6)9/h3,5H,1,4H2,2H3,(H3,9,10,11). The number of carbonyl (C=O) groups is 1. The van der Waals surface area contributed by atoms with Gasteiger partial charge in [0, 0.05) is 13.6 Å². The van der Waals surface area contributed by atoms with Crippen LogP contribution in [0.3, 0.4) is 0 Å². The molecule has 0 saturated heterocycles. The zero-order valence-electron chi connectivity index (χ0n) is 7.45. The van der Waals surface area contributed by atoms with E-state index in [9.17, 15) is 4.79 Å². The molecule has 0 aliphatic heterocycles. The molecule has 5 nitrogen and oxygen atoms in total. The third kappa shape index (κ3) is 1.87. The second-order valence-electron chi connectivity index (χ2n) is 2.67. The van der Waals surface area contributed by atoms with Gasteiger partial charge >= 0.3 is 0 Å². The van der Waals surface area contributed by atoms with Gasteiger partial charge in [-0.15, -0.1) is 6.58 Å². The smallest absolute Gasteiger partial charge is 0.259 e. The second-order valence-corrected chi connectivity index (χ2v) is 2.67. The van der Waals surface area contributed by atoms with Crippen LogP contribution < -0.4 is 5.73 Å². The van der Waals surface area contributed by atoms with Gasteiger partial charge in [0.1, 0.15) is 11.4 Å². The average molecular weight is 180 g/mol. The number of hydrogen-bond donors (Lipinski definition) is 2. The van der Waals surface area contributed by atoms with Crippen molar-refractivity contribution in [2.24, 2.45) is 0 Å². The molecule has 0 aliphatic rings. The van der Waals surface area contributed by atoms with E-state index in [4.69, 9.17) is 5.73 Å². The summed E-state index contributed by atoms with van der Waals surface area (Å²) < 4.78 is 0. The lowest BCUT2D eigenvalue weighted by molar-refractivity contribution is 0.0811. The first-order valence-corrected chi connectivity index (χ1v) is 3.82. The highest BCUT2D eigenvalue weighted by atomic mass is 16.2. The van der Waals surface area contributed by atoms with Crippen molar-refractivity contribution in [2.45, 2.75) is 0 Å². The Bertz CT molecular complexity index is 318. The Kier molecular flexibility index (Phi) is 2.69. The molecule has 13 heavy (non-hydrogen) atoms. The maximum Gasteiger partial charge on any atom is 0.259 e. The number of aromatic nitrogens is 2. The van der Waals surface area contributed by atoms with Crippen LogP contribution in [0.1, 0.15) is 10.4 Å². The molecule has 5 heteroatoms. The highest BCUT2D eigenvalue weighted by Crippen LogP contribution is 2.08. The number of amides is 1. The molecule has 0 saturated carbocycles. The van der Waals surface area contributed by atoms with Crippen LogP contribution in [0, 0.1) is 0 Å². The predicted octanol–water partition coefficient (Wildman–Crippen LogP) is 0.250. The molecular formula is C8H12N4O. The van der Waals surface area contributed by atoms with Gasteiger partial charge < -0.3 is 10.6 Å². The van der Waals surface area contributed by atoms with Crippen molar-refractivity contribution >= 4 is 11.7 Å². The number of nitrogens with two attached hydrogens (primary N) is 1. The summed E-state index contributed by atoms with van der Waals surface area (Å²) >= 11 is 0. The highest BCUT2D eigenvalue weighted by molar-refractivity contribution is 5.97. The molecule has 0 aromatic carbocycles. The third-order valence-corrected chi connectivity index (χ3v) is 1.65. The molecule has 1 aromatic heterocycles. The van der Waals surface area contributed by atoms with Crippen molar-refractivity contribution in [3.05, 3.63) is 24.4 Å². The van der Waals surface area contributed by atoms with Crippen LogP contribution in [-0.4, -0.2) is 34.6 Å². The summed E-state index contributed by atoms with van der Waals surface area (Å²) in [6.07, 6.45) is 3.06. The lowest BCUT2D eigenvalue weighted by Gasteiger charge is -2.13. The Morgan fingerprint density at radius 3 is 3.08 bits per heavy atom. The van der Waals surface area contributed by atoms with Crippen LogP contribution in [0.15, 0.2) is 18.9 Å². The van der Waals surface area contributed by atoms with E-state index in [0.717, 1.165) is 0 Å². The van der Waals surface area contributed by atoms with E-state index in [1.165, 1.54) is 11.1 Å². The fourth-order valence-electron chi connectivity index (χ4n) is 0.949. The number of H-pyrrole nitrogens is 1. The SMILES string of the molecule is C=CCN(C)C(=O)c1cn[nH]c1N. The number of anilines is 1. The maximum atomic E-state index is 11.6. The van der Waals surface area contributed by atoms with Gasteiger partial charge in [-0.05, 0) is 0 Å². The summed E-state index contributed by atoms with van der Waals surface area (Å²) in [5.74, 6) is 0.132. The zero-order chi connectivity index (χ0) is 9.84. The minimum atomic E-state index is -0.161. The molecule has 1 heterocycles. The number of nitrogens with one attached hydrogen (secondary N) is 1. The number of nitrogen functional groups attached to an aromatic ring is 1. The van der Waals surface area contributed by atoms with E-state index < -0.39 is 0 Å². The van der Waals surface area contributed by atoms with Crippen molar-refractivity contribution in [2.75, 3.05) is 19.3 Å². The third-order valence-electron chi connectivity index (χ3n) is 1.65. The van der Waals surface area contributed by atoms with Gasteiger partial charge in [-0.2, -0.15) is 5.10 Å². The summed E-state index contributed by atoms with van der Waals surface area (Å²) in [6, 6.07) is 0. The van der Waals surface area contributed by atoms with Crippen molar-refractivity contribution in [3.8, 4) is 0 Å². The number of aromatic amines is 1.